The van der Waals surface area contributed by atoms with Crippen LogP contribution in [0.15, 0.2) is 4.40 Å². The maximum absolute atomic E-state index is 10.1. The highest BCUT2D eigenvalue weighted by atomic mass is 32.2. The van der Waals surface area contributed by atoms with Gasteiger partial charge in [-0.05, 0) is 25.4 Å². The summed E-state index contributed by atoms with van der Waals surface area (Å²) in [5.41, 5.74) is 0. The van der Waals surface area contributed by atoms with Gasteiger partial charge in [-0.1, -0.05) is 11.9 Å². The van der Waals surface area contributed by atoms with E-state index < -0.39 is 0 Å². The molecule has 0 radical (unpaired) electrons. The molecule has 0 spiro atoms. The number of rotatable bonds is 0. The van der Waals surface area contributed by atoms with E-state index in [-0.39, 0.29) is 5.78 Å². The van der Waals surface area contributed by atoms with Gasteiger partial charge in [0, 0.05) is 12.3 Å². The molecule has 2 heterocycles. The molecule has 0 aromatic carbocycles. The largest absolute Gasteiger partial charge is 0.292 e. The van der Waals surface area contributed by atoms with E-state index >= 15 is 0 Å². The van der Waals surface area contributed by atoms with Gasteiger partial charge in [-0.15, -0.1) is 0 Å². The second-order valence-corrected chi connectivity index (χ2v) is 4.56. The lowest BCUT2D eigenvalue weighted by molar-refractivity contribution is -0.110. The highest BCUT2D eigenvalue weighted by molar-refractivity contribution is 7.99. The number of hydrogen-bond donors (Lipinski definition) is 0. The molecule has 0 amide bonds. The number of hydrogen-bond acceptors (Lipinski definition) is 5. The standard InChI is InChI=1S/C4H9NS.C3H3NOS/c1-5-3-2-4-6-5;5-3-1-4-6-2-3/h2-4H2,1H3;1H,2H2. The van der Waals surface area contributed by atoms with Gasteiger partial charge in [-0.25, -0.2) is 4.40 Å². The maximum Gasteiger partial charge on any atom is 0.186 e. The second-order valence-electron chi connectivity index (χ2n) is 2.51. The molecule has 0 saturated carbocycles. The number of nitrogens with zero attached hydrogens (tertiary/aromatic N) is 2. The highest BCUT2D eigenvalue weighted by Crippen LogP contribution is 2.15. The normalized spacial score (nSPS) is 22.6. The van der Waals surface area contributed by atoms with E-state index in [1.807, 2.05) is 11.9 Å². The van der Waals surface area contributed by atoms with Gasteiger partial charge >= 0.3 is 0 Å². The van der Waals surface area contributed by atoms with Crippen molar-refractivity contribution in [1.29, 1.82) is 0 Å². The van der Waals surface area contributed by atoms with Crippen molar-refractivity contribution in [2.75, 3.05) is 25.1 Å². The zero-order valence-electron chi connectivity index (χ0n) is 7.02. The predicted octanol–water partition coefficient (Wildman–Crippen LogP) is 1.26. The van der Waals surface area contributed by atoms with Gasteiger partial charge in [0.2, 0.25) is 0 Å². The van der Waals surface area contributed by atoms with Crippen LogP contribution in [-0.2, 0) is 4.79 Å². The Morgan fingerprint density at radius 2 is 2.50 bits per heavy atom. The van der Waals surface area contributed by atoms with Crippen LogP contribution in [0, 0.1) is 0 Å². The topological polar surface area (TPSA) is 32.7 Å². The summed E-state index contributed by atoms with van der Waals surface area (Å²) in [7, 11) is 2.14. The van der Waals surface area contributed by atoms with Crippen molar-refractivity contribution in [1.82, 2.24) is 4.31 Å². The molecule has 2 rings (SSSR count). The monoisotopic (exact) mass is 204 g/mol. The summed E-state index contributed by atoms with van der Waals surface area (Å²) in [4.78, 5) is 10.1. The van der Waals surface area contributed by atoms with E-state index in [0.29, 0.717) is 5.75 Å². The minimum Gasteiger partial charge on any atom is -0.292 e. The smallest absolute Gasteiger partial charge is 0.186 e. The first-order chi connectivity index (χ1) is 5.79. The second kappa shape index (κ2) is 5.61. The summed E-state index contributed by atoms with van der Waals surface area (Å²) in [6, 6.07) is 0. The fourth-order valence-corrected chi connectivity index (χ4v) is 2.10. The first kappa shape index (κ1) is 10.1. The van der Waals surface area contributed by atoms with Gasteiger partial charge in [-0.2, -0.15) is 0 Å². The van der Waals surface area contributed by atoms with Crippen LogP contribution >= 0.6 is 23.9 Å². The third-order valence-corrected chi connectivity index (χ3v) is 3.17. The Balaban J connectivity index is 0.000000120. The summed E-state index contributed by atoms with van der Waals surface area (Å²) < 4.78 is 5.88. The lowest BCUT2D eigenvalue weighted by Crippen LogP contribution is -2.00. The van der Waals surface area contributed by atoms with Crippen LogP contribution in [0.25, 0.3) is 0 Å². The van der Waals surface area contributed by atoms with E-state index in [4.69, 9.17) is 0 Å². The molecular weight excluding hydrogens is 192 g/mol. The summed E-state index contributed by atoms with van der Waals surface area (Å²) in [6.45, 7) is 1.28. The van der Waals surface area contributed by atoms with Crippen LogP contribution in [-0.4, -0.2) is 41.4 Å². The van der Waals surface area contributed by atoms with E-state index in [1.165, 1.54) is 36.9 Å². The summed E-state index contributed by atoms with van der Waals surface area (Å²) >= 11 is 3.23. The third kappa shape index (κ3) is 4.13. The Morgan fingerprint density at radius 1 is 1.67 bits per heavy atom. The molecule has 0 bridgehead atoms. The summed E-state index contributed by atoms with van der Waals surface area (Å²) in [6.07, 6.45) is 2.73. The van der Waals surface area contributed by atoms with Crippen LogP contribution in [0.5, 0.6) is 0 Å². The van der Waals surface area contributed by atoms with Crippen molar-refractivity contribution in [3.8, 4) is 0 Å². The minimum atomic E-state index is 0.125. The number of carbonyl (C=O) groups is 1. The van der Waals surface area contributed by atoms with Gasteiger partial charge < -0.3 is 0 Å². The zero-order valence-corrected chi connectivity index (χ0v) is 8.66. The SMILES string of the molecule is CN1CCCS1.O=C1C=NSC1. The molecule has 2 aliphatic heterocycles. The van der Waals surface area contributed by atoms with Crippen LogP contribution in [0.4, 0.5) is 0 Å². The first-order valence-corrected chi connectivity index (χ1v) is 5.70. The maximum atomic E-state index is 10.1. The number of carbonyl (C=O) groups excluding carboxylic acids is 1. The molecule has 0 aromatic heterocycles. The Morgan fingerprint density at radius 3 is 2.67 bits per heavy atom. The van der Waals surface area contributed by atoms with Crippen LogP contribution in [0.1, 0.15) is 6.42 Å². The molecule has 68 valence electrons. The van der Waals surface area contributed by atoms with E-state index in [0.717, 1.165) is 0 Å². The number of ketones is 1. The lowest BCUT2D eigenvalue weighted by Gasteiger charge is -1.99. The molecule has 0 atom stereocenters. The molecule has 0 N–H and O–H groups in total. The fourth-order valence-electron chi connectivity index (χ4n) is 0.806. The molecule has 0 aromatic rings. The predicted molar refractivity (Wildman–Crippen MR) is 55.7 cm³/mol. The minimum absolute atomic E-state index is 0.125. The number of Topliss-reactive ketones (excluding diaryl/α,β-unsaturated/α-hetero) is 1. The lowest BCUT2D eigenvalue weighted by atomic mass is 10.5. The molecule has 0 unspecified atom stereocenters. The van der Waals surface area contributed by atoms with Crippen LogP contribution < -0.4 is 0 Å². The van der Waals surface area contributed by atoms with E-state index in [9.17, 15) is 4.79 Å². The summed E-state index contributed by atoms with van der Waals surface area (Å²) in [5, 5.41) is 0. The molecule has 1 fully saturated rings. The van der Waals surface area contributed by atoms with Gasteiger partial charge in [0.15, 0.2) is 5.78 Å². The molecule has 1 saturated heterocycles. The third-order valence-electron chi connectivity index (χ3n) is 1.41. The Kier molecular flexibility index (Phi) is 4.72. The van der Waals surface area contributed by atoms with E-state index in [1.54, 1.807) is 0 Å². The van der Waals surface area contributed by atoms with Gasteiger partial charge in [-0.3, -0.25) is 9.10 Å². The first-order valence-electron chi connectivity index (χ1n) is 3.81. The van der Waals surface area contributed by atoms with Crippen LogP contribution in [0.3, 0.4) is 0 Å². The Labute approximate surface area is 81.3 Å². The molecular formula is C7H12N2OS2. The van der Waals surface area contributed by atoms with Crippen molar-refractivity contribution < 1.29 is 4.79 Å². The average Bonchev–Trinajstić information content (AvgIpc) is 2.63. The zero-order chi connectivity index (χ0) is 8.81. The Hall–Kier alpha value is -0.0000000000000000555. The summed E-state index contributed by atoms with van der Waals surface area (Å²) in [5.74, 6) is 2.00. The van der Waals surface area contributed by atoms with Crippen molar-refractivity contribution in [2.24, 2.45) is 4.40 Å². The van der Waals surface area contributed by atoms with Gasteiger partial charge in [0.1, 0.15) is 0 Å². The van der Waals surface area contributed by atoms with Crippen molar-refractivity contribution in [3.05, 3.63) is 0 Å². The fraction of sp³-hybridized carbons (Fsp3) is 0.714. The van der Waals surface area contributed by atoms with Gasteiger partial charge in [0.05, 0.1) is 12.0 Å². The highest BCUT2D eigenvalue weighted by Gasteiger charge is 2.04. The molecule has 5 heteroatoms. The van der Waals surface area contributed by atoms with Crippen molar-refractivity contribution in [2.45, 2.75) is 6.42 Å². The van der Waals surface area contributed by atoms with Gasteiger partial charge in [0.25, 0.3) is 0 Å². The van der Waals surface area contributed by atoms with Crippen molar-refractivity contribution >= 4 is 35.9 Å². The van der Waals surface area contributed by atoms with Crippen LogP contribution in [0.2, 0.25) is 0 Å². The van der Waals surface area contributed by atoms with E-state index in [2.05, 4.69) is 15.8 Å². The average molecular weight is 204 g/mol. The quantitative estimate of drug-likeness (QED) is 0.556. The molecule has 3 nitrogen and oxygen atoms in total. The Bertz CT molecular complexity index is 178. The molecule has 0 aliphatic carbocycles. The molecule has 12 heavy (non-hydrogen) atoms. The van der Waals surface area contributed by atoms with Crippen molar-refractivity contribution in [3.63, 3.8) is 0 Å². The molecule has 2 aliphatic rings.